The molecule has 0 bridgehead atoms. The standard InChI is InChI=1S/C13H15Cl2N3O2/c1-18-6-7(2-5-10(18)19)17-13(20)8-3-4-9(14)12(16)11(8)15/h3-4,7H,2,5-6,16H2,1H3,(H,17,20)/t7-/m1/s1. The van der Waals surface area contributed by atoms with Crippen LogP contribution in [0.3, 0.4) is 0 Å². The minimum atomic E-state index is -0.314. The van der Waals surface area contributed by atoms with Gasteiger partial charge in [0, 0.05) is 26.1 Å². The van der Waals surface area contributed by atoms with Gasteiger partial charge >= 0.3 is 0 Å². The molecule has 1 fully saturated rings. The molecule has 1 heterocycles. The second-order valence-corrected chi connectivity index (χ2v) is 5.59. The van der Waals surface area contributed by atoms with Gasteiger partial charge in [0.05, 0.1) is 21.3 Å². The average Bonchev–Trinajstić information content (AvgIpc) is 2.40. The summed E-state index contributed by atoms with van der Waals surface area (Å²) in [5, 5.41) is 3.32. The number of nitrogens with two attached hydrogens (primary N) is 1. The second kappa shape index (κ2) is 5.89. The average molecular weight is 316 g/mol. The van der Waals surface area contributed by atoms with E-state index in [4.69, 9.17) is 28.9 Å². The first-order valence-corrected chi connectivity index (χ1v) is 6.94. The van der Waals surface area contributed by atoms with Crippen molar-refractivity contribution in [3.63, 3.8) is 0 Å². The quantitative estimate of drug-likeness (QED) is 0.819. The van der Waals surface area contributed by atoms with Gasteiger partial charge in [-0.15, -0.1) is 0 Å². The van der Waals surface area contributed by atoms with Gasteiger partial charge in [-0.05, 0) is 18.6 Å². The third kappa shape index (κ3) is 2.99. The summed E-state index contributed by atoms with van der Waals surface area (Å²) >= 11 is 11.9. The molecule has 3 N–H and O–H groups in total. The third-order valence-electron chi connectivity index (χ3n) is 3.33. The molecule has 1 atom stereocenters. The molecule has 0 aliphatic carbocycles. The van der Waals surface area contributed by atoms with Crippen molar-refractivity contribution < 1.29 is 9.59 Å². The van der Waals surface area contributed by atoms with Crippen LogP contribution in [0, 0.1) is 0 Å². The van der Waals surface area contributed by atoms with Crippen LogP contribution >= 0.6 is 23.2 Å². The Balaban J connectivity index is 2.09. The van der Waals surface area contributed by atoms with Crippen LogP contribution in [0.15, 0.2) is 12.1 Å². The number of nitrogens with zero attached hydrogens (tertiary/aromatic N) is 1. The number of benzene rings is 1. The van der Waals surface area contributed by atoms with Crippen molar-refractivity contribution in [3.8, 4) is 0 Å². The van der Waals surface area contributed by atoms with Gasteiger partial charge in [0.25, 0.3) is 5.91 Å². The minimum Gasteiger partial charge on any atom is -0.396 e. The van der Waals surface area contributed by atoms with E-state index in [1.54, 1.807) is 11.9 Å². The molecular weight excluding hydrogens is 301 g/mol. The van der Waals surface area contributed by atoms with Crippen LogP contribution in [0.25, 0.3) is 0 Å². The molecule has 1 aliphatic heterocycles. The smallest absolute Gasteiger partial charge is 0.253 e. The molecule has 2 rings (SSSR count). The number of nitrogens with one attached hydrogen (secondary N) is 1. The monoisotopic (exact) mass is 315 g/mol. The topological polar surface area (TPSA) is 75.4 Å². The van der Waals surface area contributed by atoms with E-state index in [1.807, 2.05) is 0 Å². The first-order valence-electron chi connectivity index (χ1n) is 6.18. The largest absolute Gasteiger partial charge is 0.396 e. The van der Waals surface area contributed by atoms with Gasteiger partial charge in [0.15, 0.2) is 0 Å². The van der Waals surface area contributed by atoms with E-state index in [1.165, 1.54) is 12.1 Å². The molecule has 1 saturated heterocycles. The van der Waals surface area contributed by atoms with Gasteiger partial charge in [0.2, 0.25) is 5.91 Å². The highest BCUT2D eigenvalue weighted by Crippen LogP contribution is 2.30. The van der Waals surface area contributed by atoms with E-state index in [9.17, 15) is 9.59 Å². The number of amides is 2. The Kier molecular flexibility index (Phi) is 4.40. The van der Waals surface area contributed by atoms with Crippen LogP contribution in [0.2, 0.25) is 10.0 Å². The van der Waals surface area contributed by atoms with Crippen molar-refractivity contribution in [1.82, 2.24) is 10.2 Å². The van der Waals surface area contributed by atoms with E-state index in [0.717, 1.165) is 0 Å². The summed E-state index contributed by atoms with van der Waals surface area (Å²) in [5.41, 5.74) is 6.17. The number of piperidine rings is 1. The number of rotatable bonds is 2. The summed E-state index contributed by atoms with van der Waals surface area (Å²) in [5.74, 6) is -0.226. The van der Waals surface area contributed by atoms with Crippen LogP contribution in [0.5, 0.6) is 0 Å². The number of nitrogen functional groups attached to an aromatic ring is 1. The fourth-order valence-electron chi connectivity index (χ4n) is 2.14. The molecule has 20 heavy (non-hydrogen) atoms. The number of hydrogen-bond acceptors (Lipinski definition) is 3. The summed E-state index contributed by atoms with van der Waals surface area (Å²) in [7, 11) is 1.72. The Morgan fingerprint density at radius 2 is 2.15 bits per heavy atom. The predicted octanol–water partition coefficient (Wildman–Crippen LogP) is 1.93. The van der Waals surface area contributed by atoms with Gasteiger partial charge in [0.1, 0.15) is 0 Å². The summed E-state index contributed by atoms with van der Waals surface area (Å²) < 4.78 is 0. The first kappa shape index (κ1) is 14.9. The van der Waals surface area contributed by atoms with Crippen LogP contribution in [0.1, 0.15) is 23.2 Å². The van der Waals surface area contributed by atoms with Crippen molar-refractivity contribution in [2.24, 2.45) is 0 Å². The Morgan fingerprint density at radius 1 is 1.45 bits per heavy atom. The highest BCUT2D eigenvalue weighted by atomic mass is 35.5. The zero-order valence-corrected chi connectivity index (χ0v) is 12.5. The number of anilines is 1. The first-order chi connectivity index (χ1) is 9.40. The third-order valence-corrected chi connectivity index (χ3v) is 4.07. The van der Waals surface area contributed by atoms with E-state index < -0.39 is 0 Å². The van der Waals surface area contributed by atoms with Crippen LogP contribution in [-0.2, 0) is 4.79 Å². The zero-order chi connectivity index (χ0) is 14.9. The lowest BCUT2D eigenvalue weighted by molar-refractivity contribution is -0.132. The number of carbonyl (C=O) groups is 2. The molecule has 1 aliphatic rings. The minimum absolute atomic E-state index is 0.0850. The molecular formula is C13H15Cl2N3O2. The predicted molar refractivity (Wildman–Crippen MR) is 79.0 cm³/mol. The summed E-state index contributed by atoms with van der Waals surface area (Å²) in [4.78, 5) is 25.2. The summed E-state index contributed by atoms with van der Waals surface area (Å²) in [6, 6.07) is 2.99. The van der Waals surface area contributed by atoms with Gasteiger partial charge in [-0.2, -0.15) is 0 Å². The molecule has 108 valence electrons. The number of hydrogen-bond donors (Lipinski definition) is 2. The van der Waals surface area contributed by atoms with Crippen molar-refractivity contribution in [3.05, 3.63) is 27.7 Å². The van der Waals surface area contributed by atoms with Crippen molar-refractivity contribution in [1.29, 1.82) is 0 Å². The molecule has 0 aromatic heterocycles. The molecule has 7 heteroatoms. The molecule has 2 amide bonds. The fraction of sp³-hybridized carbons (Fsp3) is 0.385. The van der Waals surface area contributed by atoms with E-state index in [0.29, 0.717) is 24.4 Å². The Bertz CT molecular complexity index is 563. The Labute approximate surface area is 127 Å². The Morgan fingerprint density at radius 3 is 2.80 bits per heavy atom. The van der Waals surface area contributed by atoms with E-state index in [-0.39, 0.29) is 34.1 Å². The second-order valence-electron chi connectivity index (χ2n) is 4.81. The SMILES string of the molecule is CN1C[C@H](NC(=O)c2ccc(Cl)c(N)c2Cl)CCC1=O. The van der Waals surface area contributed by atoms with Gasteiger partial charge in [-0.1, -0.05) is 23.2 Å². The molecule has 1 aromatic rings. The highest BCUT2D eigenvalue weighted by molar-refractivity contribution is 6.40. The molecule has 5 nitrogen and oxygen atoms in total. The lowest BCUT2D eigenvalue weighted by atomic mass is 10.0. The van der Waals surface area contributed by atoms with Crippen molar-refractivity contribution >= 4 is 40.7 Å². The van der Waals surface area contributed by atoms with Gasteiger partial charge < -0.3 is 16.0 Å². The Hall–Kier alpha value is -1.46. The zero-order valence-electron chi connectivity index (χ0n) is 11.0. The lowest BCUT2D eigenvalue weighted by Gasteiger charge is -2.30. The molecule has 0 unspecified atom stereocenters. The fourth-order valence-corrected chi connectivity index (χ4v) is 2.59. The van der Waals surface area contributed by atoms with E-state index in [2.05, 4.69) is 5.32 Å². The number of likely N-dealkylation sites (N-methyl/N-ethyl adjacent to an activating group) is 1. The highest BCUT2D eigenvalue weighted by Gasteiger charge is 2.25. The molecule has 0 radical (unpaired) electrons. The maximum absolute atomic E-state index is 12.2. The lowest BCUT2D eigenvalue weighted by Crippen LogP contribution is -2.48. The number of likely N-dealkylation sites (tertiary alicyclic amines) is 1. The van der Waals surface area contributed by atoms with Crippen LogP contribution in [-0.4, -0.2) is 36.3 Å². The summed E-state index contributed by atoms with van der Waals surface area (Å²) in [6.45, 7) is 0.491. The van der Waals surface area contributed by atoms with E-state index >= 15 is 0 Å². The normalized spacial score (nSPS) is 19.1. The molecule has 0 spiro atoms. The molecule has 1 aromatic carbocycles. The van der Waals surface area contributed by atoms with Gasteiger partial charge in [-0.25, -0.2) is 0 Å². The molecule has 0 saturated carbocycles. The van der Waals surface area contributed by atoms with Crippen LogP contribution < -0.4 is 11.1 Å². The van der Waals surface area contributed by atoms with Gasteiger partial charge in [-0.3, -0.25) is 9.59 Å². The van der Waals surface area contributed by atoms with Crippen molar-refractivity contribution in [2.75, 3.05) is 19.3 Å². The maximum Gasteiger partial charge on any atom is 0.253 e. The van der Waals surface area contributed by atoms with Crippen LogP contribution in [0.4, 0.5) is 5.69 Å². The number of carbonyl (C=O) groups excluding carboxylic acids is 2. The number of halogens is 2. The maximum atomic E-state index is 12.2. The summed E-state index contributed by atoms with van der Waals surface area (Å²) in [6.07, 6.45) is 1.05. The van der Waals surface area contributed by atoms with Crippen molar-refractivity contribution in [2.45, 2.75) is 18.9 Å².